The topological polar surface area (TPSA) is 33.1 Å². The number of hydrogen-bond donors (Lipinski definition) is 1. The van der Waals surface area contributed by atoms with Gasteiger partial charge in [-0.3, -0.25) is 4.98 Å². The number of rotatable bonds is 3. The molecule has 1 unspecified atom stereocenters. The van der Waals surface area contributed by atoms with Crippen molar-refractivity contribution in [3.8, 4) is 0 Å². The molecular formula is C13H11ClFNO. The molecule has 0 fully saturated rings. The first-order chi connectivity index (χ1) is 8.16. The van der Waals surface area contributed by atoms with Crippen LogP contribution in [0.2, 0.25) is 5.02 Å². The molecule has 0 aliphatic rings. The van der Waals surface area contributed by atoms with Crippen molar-refractivity contribution < 1.29 is 9.50 Å². The molecule has 0 aliphatic carbocycles. The molecule has 1 atom stereocenters. The molecule has 0 amide bonds. The number of aliphatic hydroxyl groups excluding tert-OH is 1. The van der Waals surface area contributed by atoms with E-state index in [9.17, 15) is 9.50 Å². The molecule has 0 spiro atoms. The van der Waals surface area contributed by atoms with Crippen LogP contribution in [0.25, 0.3) is 0 Å². The molecule has 2 rings (SSSR count). The maximum Gasteiger partial charge on any atom is 0.142 e. The van der Waals surface area contributed by atoms with Crippen LogP contribution in [-0.4, -0.2) is 10.1 Å². The average Bonchev–Trinajstić information content (AvgIpc) is 2.34. The number of pyridine rings is 1. The monoisotopic (exact) mass is 251 g/mol. The standard InChI is InChI=1S/C13H11ClFNO/c14-11-5-4-9(7-12(11)15)13(17)8-10-3-1-2-6-16-10/h1-7,13,17H,8H2. The van der Waals surface area contributed by atoms with Crippen LogP contribution in [0.3, 0.4) is 0 Å². The number of halogens is 2. The highest BCUT2D eigenvalue weighted by Crippen LogP contribution is 2.22. The van der Waals surface area contributed by atoms with Crippen molar-refractivity contribution in [2.75, 3.05) is 0 Å². The second-order valence-corrected chi connectivity index (χ2v) is 4.12. The van der Waals surface area contributed by atoms with E-state index < -0.39 is 11.9 Å². The Morgan fingerprint density at radius 1 is 1.29 bits per heavy atom. The summed E-state index contributed by atoms with van der Waals surface area (Å²) in [6, 6.07) is 9.76. The molecule has 0 saturated carbocycles. The highest BCUT2D eigenvalue weighted by atomic mass is 35.5. The Kier molecular flexibility index (Phi) is 3.71. The summed E-state index contributed by atoms with van der Waals surface area (Å²) in [5.74, 6) is -0.524. The predicted molar refractivity (Wildman–Crippen MR) is 64.3 cm³/mol. The molecule has 4 heteroatoms. The van der Waals surface area contributed by atoms with E-state index in [4.69, 9.17) is 11.6 Å². The summed E-state index contributed by atoms with van der Waals surface area (Å²) < 4.78 is 13.2. The fraction of sp³-hybridized carbons (Fsp3) is 0.154. The first kappa shape index (κ1) is 12.0. The molecule has 1 aromatic carbocycles. The first-order valence-electron chi connectivity index (χ1n) is 5.20. The third kappa shape index (κ3) is 3.02. The quantitative estimate of drug-likeness (QED) is 0.909. The van der Waals surface area contributed by atoms with Gasteiger partial charge in [-0.25, -0.2) is 4.39 Å². The van der Waals surface area contributed by atoms with Crippen molar-refractivity contribution in [2.45, 2.75) is 12.5 Å². The SMILES string of the molecule is OC(Cc1ccccn1)c1ccc(Cl)c(F)c1. The molecule has 2 nitrogen and oxygen atoms in total. The van der Waals surface area contributed by atoms with Crippen LogP contribution < -0.4 is 0 Å². The van der Waals surface area contributed by atoms with Crippen LogP contribution in [0.1, 0.15) is 17.4 Å². The Morgan fingerprint density at radius 2 is 2.12 bits per heavy atom. The molecule has 0 aliphatic heterocycles. The van der Waals surface area contributed by atoms with Crippen LogP contribution in [0, 0.1) is 5.82 Å². The summed E-state index contributed by atoms with van der Waals surface area (Å²) in [6.45, 7) is 0. The zero-order valence-electron chi connectivity index (χ0n) is 8.98. The highest BCUT2D eigenvalue weighted by Gasteiger charge is 2.11. The van der Waals surface area contributed by atoms with E-state index in [-0.39, 0.29) is 5.02 Å². The van der Waals surface area contributed by atoms with Crippen LogP contribution in [0.15, 0.2) is 42.6 Å². The van der Waals surface area contributed by atoms with Gasteiger partial charge in [0, 0.05) is 18.3 Å². The normalized spacial score (nSPS) is 12.4. The fourth-order valence-corrected chi connectivity index (χ4v) is 1.67. The van der Waals surface area contributed by atoms with Gasteiger partial charge in [0.05, 0.1) is 11.1 Å². The first-order valence-corrected chi connectivity index (χ1v) is 5.57. The Balaban J connectivity index is 2.14. The summed E-state index contributed by atoms with van der Waals surface area (Å²) >= 11 is 5.58. The van der Waals surface area contributed by atoms with Gasteiger partial charge in [0.25, 0.3) is 0 Å². The predicted octanol–water partition coefficient (Wildman–Crippen LogP) is 3.15. The van der Waals surface area contributed by atoms with Crippen molar-refractivity contribution in [1.82, 2.24) is 4.98 Å². The van der Waals surface area contributed by atoms with Gasteiger partial charge < -0.3 is 5.11 Å². The van der Waals surface area contributed by atoms with Gasteiger partial charge in [0.2, 0.25) is 0 Å². The van der Waals surface area contributed by atoms with Crippen molar-refractivity contribution in [3.63, 3.8) is 0 Å². The Morgan fingerprint density at radius 3 is 2.76 bits per heavy atom. The maximum absolute atomic E-state index is 13.2. The summed E-state index contributed by atoms with van der Waals surface area (Å²) in [6.07, 6.45) is 1.23. The van der Waals surface area contributed by atoms with Crippen molar-refractivity contribution in [1.29, 1.82) is 0 Å². The third-order valence-electron chi connectivity index (χ3n) is 2.46. The van der Waals surface area contributed by atoms with E-state index in [0.29, 0.717) is 12.0 Å². The summed E-state index contributed by atoms with van der Waals surface area (Å²) in [5, 5.41) is 9.99. The molecule has 0 bridgehead atoms. The molecule has 1 heterocycles. The number of aromatic nitrogens is 1. The minimum absolute atomic E-state index is 0.0544. The number of aliphatic hydroxyl groups is 1. The summed E-state index contributed by atoms with van der Waals surface area (Å²) in [5.41, 5.74) is 1.26. The van der Waals surface area contributed by atoms with E-state index >= 15 is 0 Å². The second-order valence-electron chi connectivity index (χ2n) is 3.71. The van der Waals surface area contributed by atoms with E-state index in [1.54, 1.807) is 18.3 Å². The van der Waals surface area contributed by atoms with Crippen LogP contribution in [0.4, 0.5) is 4.39 Å². The zero-order chi connectivity index (χ0) is 12.3. The van der Waals surface area contributed by atoms with Crippen molar-refractivity contribution in [3.05, 3.63) is 64.7 Å². The third-order valence-corrected chi connectivity index (χ3v) is 2.76. The lowest BCUT2D eigenvalue weighted by molar-refractivity contribution is 0.177. The minimum Gasteiger partial charge on any atom is -0.388 e. The van der Waals surface area contributed by atoms with Gasteiger partial charge in [0.15, 0.2) is 0 Å². The lowest BCUT2D eigenvalue weighted by Crippen LogP contribution is -2.03. The molecule has 17 heavy (non-hydrogen) atoms. The largest absolute Gasteiger partial charge is 0.388 e. The summed E-state index contributed by atoms with van der Waals surface area (Å²) in [7, 11) is 0. The Hall–Kier alpha value is -1.45. The smallest absolute Gasteiger partial charge is 0.142 e. The molecule has 0 radical (unpaired) electrons. The van der Waals surface area contributed by atoms with E-state index in [1.165, 1.54) is 12.1 Å². The van der Waals surface area contributed by atoms with Crippen molar-refractivity contribution >= 4 is 11.6 Å². The van der Waals surface area contributed by atoms with Gasteiger partial charge in [0.1, 0.15) is 5.82 Å². The van der Waals surface area contributed by atoms with Crippen LogP contribution >= 0.6 is 11.6 Å². The van der Waals surface area contributed by atoms with Crippen molar-refractivity contribution in [2.24, 2.45) is 0 Å². The lowest BCUT2D eigenvalue weighted by Gasteiger charge is -2.10. The average molecular weight is 252 g/mol. The minimum atomic E-state index is -0.781. The Labute approximate surface area is 104 Å². The van der Waals surface area contributed by atoms with E-state index in [2.05, 4.69) is 4.98 Å². The number of benzene rings is 1. The molecule has 1 N–H and O–H groups in total. The Bertz CT molecular complexity index is 504. The molecule has 1 aromatic heterocycles. The van der Waals surface area contributed by atoms with Gasteiger partial charge in [-0.2, -0.15) is 0 Å². The molecule has 0 saturated heterocycles. The summed E-state index contributed by atoms with van der Waals surface area (Å²) in [4.78, 5) is 4.10. The number of nitrogens with zero attached hydrogens (tertiary/aromatic N) is 1. The maximum atomic E-state index is 13.2. The molecule has 88 valence electrons. The molecular weight excluding hydrogens is 241 g/mol. The van der Waals surface area contributed by atoms with Gasteiger partial charge in [-0.05, 0) is 29.8 Å². The lowest BCUT2D eigenvalue weighted by atomic mass is 10.0. The van der Waals surface area contributed by atoms with Gasteiger partial charge in [-0.15, -0.1) is 0 Å². The zero-order valence-corrected chi connectivity index (χ0v) is 9.73. The van der Waals surface area contributed by atoms with E-state index in [1.807, 2.05) is 12.1 Å². The molecule has 2 aromatic rings. The second kappa shape index (κ2) is 5.25. The highest BCUT2D eigenvalue weighted by molar-refractivity contribution is 6.30. The van der Waals surface area contributed by atoms with Gasteiger partial charge >= 0.3 is 0 Å². The fourth-order valence-electron chi connectivity index (χ4n) is 1.55. The van der Waals surface area contributed by atoms with Crippen LogP contribution in [-0.2, 0) is 6.42 Å². The van der Waals surface area contributed by atoms with Gasteiger partial charge in [-0.1, -0.05) is 23.7 Å². The van der Waals surface area contributed by atoms with E-state index in [0.717, 1.165) is 5.69 Å². The number of hydrogen-bond acceptors (Lipinski definition) is 2. The van der Waals surface area contributed by atoms with Crippen LogP contribution in [0.5, 0.6) is 0 Å².